The Morgan fingerprint density at radius 3 is 2.47 bits per heavy atom. The van der Waals surface area contributed by atoms with Gasteiger partial charge in [0.05, 0.1) is 6.61 Å². The molecule has 1 aromatic rings. The van der Waals surface area contributed by atoms with Crippen LogP contribution in [-0.4, -0.2) is 35.6 Å². The van der Waals surface area contributed by atoms with Crippen LogP contribution < -0.4 is 0 Å². The number of benzene rings is 1. The lowest BCUT2D eigenvalue weighted by molar-refractivity contribution is 0.0764. The second-order valence-electron chi connectivity index (χ2n) is 4.24. The van der Waals surface area contributed by atoms with Crippen molar-refractivity contribution < 1.29 is 9.90 Å². The molecule has 3 nitrogen and oxygen atoms in total. The quantitative estimate of drug-likeness (QED) is 0.824. The molecule has 0 aliphatic heterocycles. The Kier molecular flexibility index (Phi) is 6.70. The normalized spacial score (nSPS) is 9.63. The van der Waals surface area contributed by atoms with Crippen molar-refractivity contribution in [2.24, 2.45) is 0 Å². The zero-order valence-corrected chi connectivity index (χ0v) is 11.6. The van der Waals surface area contributed by atoms with Crippen molar-refractivity contribution in [2.45, 2.75) is 26.7 Å². The van der Waals surface area contributed by atoms with Gasteiger partial charge in [-0.25, -0.2) is 0 Å². The number of amides is 1. The number of aliphatic hydroxyl groups is 1. The predicted molar refractivity (Wildman–Crippen MR) is 76.9 cm³/mol. The first-order valence-corrected chi connectivity index (χ1v) is 6.72. The molecule has 0 bridgehead atoms. The molecule has 0 saturated heterocycles. The van der Waals surface area contributed by atoms with E-state index in [9.17, 15) is 4.79 Å². The molecule has 0 radical (unpaired) electrons. The van der Waals surface area contributed by atoms with Gasteiger partial charge in [-0.05, 0) is 37.6 Å². The maximum atomic E-state index is 12.2. The number of rotatable bonds is 5. The molecule has 0 saturated carbocycles. The van der Waals surface area contributed by atoms with E-state index in [0.717, 1.165) is 25.1 Å². The highest BCUT2D eigenvalue weighted by molar-refractivity contribution is 5.94. The molecule has 0 fully saturated rings. The van der Waals surface area contributed by atoms with Crippen molar-refractivity contribution in [1.29, 1.82) is 0 Å². The molecular weight excluding hydrogens is 238 g/mol. The van der Waals surface area contributed by atoms with E-state index in [4.69, 9.17) is 5.11 Å². The minimum absolute atomic E-state index is 0.0687. The molecule has 1 N–H and O–H groups in total. The number of aliphatic hydroxyl groups excluding tert-OH is 1. The topological polar surface area (TPSA) is 40.5 Å². The van der Waals surface area contributed by atoms with Crippen LogP contribution in [0.5, 0.6) is 0 Å². The van der Waals surface area contributed by atoms with E-state index in [1.807, 2.05) is 36.1 Å². The number of nitrogens with zero attached hydrogens (tertiary/aromatic N) is 1. The molecular formula is C16H21NO2. The number of carbonyl (C=O) groups is 1. The van der Waals surface area contributed by atoms with E-state index in [1.165, 1.54) is 0 Å². The average molecular weight is 259 g/mol. The van der Waals surface area contributed by atoms with Crippen molar-refractivity contribution in [3.63, 3.8) is 0 Å². The van der Waals surface area contributed by atoms with Gasteiger partial charge in [-0.3, -0.25) is 4.79 Å². The van der Waals surface area contributed by atoms with Crippen LogP contribution in [0, 0.1) is 11.8 Å². The summed E-state index contributed by atoms with van der Waals surface area (Å²) >= 11 is 0. The molecule has 1 aromatic carbocycles. The summed E-state index contributed by atoms with van der Waals surface area (Å²) in [5, 5.41) is 8.65. The Balaban J connectivity index is 2.75. The minimum atomic E-state index is 0.0687. The smallest absolute Gasteiger partial charge is 0.253 e. The second-order valence-corrected chi connectivity index (χ2v) is 4.24. The molecule has 102 valence electrons. The lowest BCUT2D eigenvalue weighted by Crippen LogP contribution is -2.31. The molecule has 3 heteroatoms. The Morgan fingerprint density at radius 1 is 1.26 bits per heavy atom. The number of hydrogen-bond acceptors (Lipinski definition) is 2. The van der Waals surface area contributed by atoms with Gasteiger partial charge in [-0.15, -0.1) is 0 Å². The van der Waals surface area contributed by atoms with Crippen molar-refractivity contribution >= 4 is 5.91 Å². The predicted octanol–water partition coefficient (Wildman–Crippen LogP) is 2.29. The maximum Gasteiger partial charge on any atom is 0.253 e. The summed E-state index contributed by atoms with van der Waals surface area (Å²) in [6, 6.07) is 7.31. The van der Waals surface area contributed by atoms with Crippen molar-refractivity contribution in [1.82, 2.24) is 4.90 Å². The van der Waals surface area contributed by atoms with Crippen LogP contribution in [0.4, 0.5) is 0 Å². The van der Waals surface area contributed by atoms with Gasteiger partial charge in [0.25, 0.3) is 5.91 Å². The summed E-state index contributed by atoms with van der Waals surface area (Å²) in [5.41, 5.74) is 1.56. The van der Waals surface area contributed by atoms with Crippen LogP contribution in [0.3, 0.4) is 0 Å². The monoisotopic (exact) mass is 259 g/mol. The molecule has 0 spiro atoms. The molecule has 0 aliphatic rings. The van der Waals surface area contributed by atoms with E-state index >= 15 is 0 Å². The molecule has 0 unspecified atom stereocenters. The first kappa shape index (κ1) is 15.3. The lowest BCUT2D eigenvalue weighted by atomic mass is 10.1. The van der Waals surface area contributed by atoms with Gasteiger partial charge >= 0.3 is 0 Å². The van der Waals surface area contributed by atoms with E-state index < -0.39 is 0 Å². The third-order valence-corrected chi connectivity index (χ3v) is 2.76. The highest BCUT2D eigenvalue weighted by atomic mass is 16.2. The average Bonchev–Trinajstić information content (AvgIpc) is 2.45. The SMILES string of the molecule is CCCN(CC)C(=O)c1ccc(C#CCCO)cc1. The first-order chi connectivity index (χ1) is 9.22. The lowest BCUT2D eigenvalue weighted by Gasteiger charge is -2.20. The Labute approximate surface area is 115 Å². The van der Waals surface area contributed by atoms with Gasteiger partial charge in [0, 0.05) is 30.6 Å². The zero-order chi connectivity index (χ0) is 14.1. The van der Waals surface area contributed by atoms with E-state index in [1.54, 1.807) is 0 Å². The largest absolute Gasteiger partial charge is 0.395 e. The fourth-order valence-electron chi connectivity index (χ4n) is 1.77. The van der Waals surface area contributed by atoms with Gasteiger partial charge in [-0.1, -0.05) is 18.8 Å². The standard InChI is InChI=1S/C16H21NO2/c1-3-12-17(4-2)16(19)15-10-8-14(9-11-15)7-5-6-13-18/h8-11,18H,3-4,6,12-13H2,1-2H3. The van der Waals surface area contributed by atoms with Crippen molar-refractivity contribution in [3.8, 4) is 11.8 Å². The minimum Gasteiger partial charge on any atom is -0.395 e. The summed E-state index contributed by atoms with van der Waals surface area (Å²) in [6.45, 7) is 5.64. The fraction of sp³-hybridized carbons (Fsp3) is 0.438. The summed E-state index contributed by atoms with van der Waals surface area (Å²) in [6.07, 6.45) is 1.44. The molecule has 1 amide bonds. The van der Waals surface area contributed by atoms with E-state index in [-0.39, 0.29) is 12.5 Å². The number of hydrogen-bond donors (Lipinski definition) is 1. The Bertz CT molecular complexity index is 454. The van der Waals surface area contributed by atoms with Gasteiger partial charge < -0.3 is 10.0 Å². The van der Waals surface area contributed by atoms with Crippen LogP contribution in [0.15, 0.2) is 24.3 Å². The van der Waals surface area contributed by atoms with Gasteiger partial charge in [0.1, 0.15) is 0 Å². The van der Waals surface area contributed by atoms with Gasteiger partial charge in [0.2, 0.25) is 0 Å². The Morgan fingerprint density at radius 2 is 1.95 bits per heavy atom. The van der Waals surface area contributed by atoms with Crippen LogP contribution in [-0.2, 0) is 0 Å². The van der Waals surface area contributed by atoms with Gasteiger partial charge in [-0.2, -0.15) is 0 Å². The molecule has 0 heterocycles. The third kappa shape index (κ3) is 4.76. The van der Waals surface area contributed by atoms with Crippen molar-refractivity contribution in [2.75, 3.05) is 19.7 Å². The first-order valence-electron chi connectivity index (χ1n) is 6.72. The van der Waals surface area contributed by atoms with Crippen LogP contribution in [0.2, 0.25) is 0 Å². The zero-order valence-electron chi connectivity index (χ0n) is 11.6. The second kappa shape index (κ2) is 8.34. The van der Waals surface area contributed by atoms with Crippen LogP contribution >= 0.6 is 0 Å². The molecule has 0 atom stereocenters. The molecule has 0 aromatic heterocycles. The summed E-state index contributed by atoms with van der Waals surface area (Å²) in [5.74, 6) is 5.87. The summed E-state index contributed by atoms with van der Waals surface area (Å²) in [4.78, 5) is 14.0. The summed E-state index contributed by atoms with van der Waals surface area (Å²) < 4.78 is 0. The van der Waals surface area contributed by atoms with Crippen molar-refractivity contribution in [3.05, 3.63) is 35.4 Å². The highest BCUT2D eigenvalue weighted by Crippen LogP contribution is 2.08. The maximum absolute atomic E-state index is 12.2. The summed E-state index contributed by atoms with van der Waals surface area (Å²) in [7, 11) is 0. The molecule has 1 rings (SSSR count). The molecule has 0 aliphatic carbocycles. The van der Waals surface area contributed by atoms with Gasteiger partial charge in [0.15, 0.2) is 0 Å². The van der Waals surface area contributed by atoms with E-state index in [2.05, 4.69) is 18.8 Å². The van der Waals surface area contributed by atoms with Crippen LogP contribution in [0.1, 0.15) is 42.6 Å². The fourth-order valence-corrected chi connectivity index (χ4v) is 1.77. The van der Waals surface area contributed by atoms with Crippen LogP contribution in [0.25, 0.3) is 0 Å². The number of carbonyl (C=O) groups excluding carboxylic acids is 1. The highest BCUT2D eigenvalue weighted by Gasteiger charge is 2.12. The third-order valence-electron chi connectivity index (χ3n) is 2.76. The Hall–Kier alpha value is -1.79. The molecule has 19 heavy (non-hydrogen) atoms. The van der Waals surface area contributed by atoms with E-state index in [0.29, 0.717) is 12.0 Å².